The van der Waals surface area contributed by atoms with Crippen LogP contribution >= 0.6 is 23.2 Å². The number of hydrogen-bond donors (Lipinski definition) is 3. The van der Waals surface area contributed by atoms with E-state index in [0.717, 1.165) is 23.3 Å². The summed E-state index contributed by atoms with van der Waals surface area (Å²) in [7, 11) is 0. The number of carbonyl (C=O) groups excluding carboxylic acids is 1. The van der Waals surface area contributed by atoms with E-state index >= 15 is 0 Å². The molecule has 0 aromatic heterocycles. The first-order valence-electron chi connectivity index (χ1n) is 11.8. The van der Waals surface area contributed by atoms with Gasteiger partial charge in [0.2, 0.25) is 5.91 Å². The number of alkyl halides is 3. The lowest BCUT2D eigenvalue weighted by atomic mass is 9.95. The number of aliphatic carboxylic acids is 1. The van der Waals surface area contributed by atoms with Crippen LogP contribution in [0.4, 0.5) is 13.2 Å². The minimum atomic E-state index is -4.48. The smallest absolute Gasteiger partial charge is 0.416 e. The summed E-state index contributed by atoms with van der Waals surface area (Å²) in [6, 6.07) is 9.80. The molecule has 1 amide bonds. The van der Waals surface area contributed by atoms with Crippen LogP contribution in [0.3, 0.4) is 0 Å². The molecule has 1 aliphatic carbocycles. The summed E-state index contributed by atoms with van der Waals surface area (Å²) in [5, 5.41) is 14.0. The summed E-state index contributed by atoms with van der Waals surface area (Å²) in [5.41, 5.74) is 5.12. The lowest BCUT2D eigenvalue weighted by Gasteiger charge is -2.26. The van der Waals surface area contributed by atoms with Gasteiger partial charge in [-0.1, -0.05) is 53.6 Å². The molecule has 2 aromatic carbocycles. The van der Waals surface area contributed by atoms with Gasteiger partial charge >= 0.3 is 12.1 Å². The number of benzene rings is 2. The molecule has 4 rings (SSSR count). The van der Waals surface area contributed by atoms with Gasteiger partial charge in [-0.15, -0.1) is 0 Å². The fourth-order valence-corrected chi connectivity index (χ4v) is 4.81. The molecule has 0 radical (unpaired) electrons. The van der Waals surface area contributed by atoms with E-state index in [4.69, 9.17) is 28.3 Å². The van der Waals surface area contributed by atoms with Gasteiger partial charge in [-0.3, -0.25) is 9.59 Å². The maximum atomic E-state index is 13.4. The minimum Gasteiger partial charge on any atom is -0.481 e. The molecule has 2 unspecified atom stereocenters. The highest BCUT2D eigenvalue weighted by molar-refractivity contribution is 6.34. The van der Waals surface area contributed by atoms with Gasteiger partial charge in [0, 0.05) is 16.6 Å². The Labute approximate surface area is 227 Å². The second-order valence-electron chi connectivity index (χ2n) is 8.94. The Hall–Kier alpha value is -3.27. The second kappa shape index (κ2) is 11.6. The van der Waals surface area contributed by atoms with E-state index in [9.17, 15) is 22.8 Å². The highest BCUT2D eigenvalue weighted by atomic mass is 35.5. The van der Waals surface area contributed by atoms with Gasteiger partial charge in [-0.05, 0) is 59.5 Å². The van der Waals surface area contributed by atoms with Crippen molar-refractivity contribution < 1.29 is 27.9 Å². The molecular formula is C27H24Cl2F3N3O3. The van der Waals surface area contributed by atoms with Crippen molar-refractivity contribution in [1.29, 1.82) is 0 Å². The average molecular weight is 566 g/mol. The van der Waals surface area contributed by atoms with Crippen molar-refractivity contribution in [3.63, 3.8) is 0 Å². The van der Waals surface area contributed by atoms with Crippen LogP contribution in [-0.2, 0) is 15.8 Å². The number of nitrogens with zero attached hydrogens (tertiary/aromatic N) is 1. The van der Waals surface area contributed by atoms with Crippen LogP contribution in [-0.4, -0.2) is 35.1 Å². The first-order chi connectivity index (χ1) is 18.0. The predicted octanol–water partition coefficient (Wildman–Crippen LogP) is 6.01. The number of nitrogens with one attached hydrogen (secondary N) is 2. The molecule has 11 heteroatoms. The van der Waals surface area contributed by atoms with Crippen molar-refractivity contribution in [2.75, 3.05) is 13.1 Å². The van der Waals surface area contributed by atoms with Gasteiger partial charge < -0.3 is 15.4 Å². The van der Waals surface area contributed by atoms with Crippen molar-refractivity contribution >= 4 is 40.8 Å². The maximum Gasteiger partial charge on any atom is 0.416 e. The minimum absolute atomic E-state index is 0.0484. The number of allylic oxidation sites excluding steroid dienone is 1. The van der Waals surface area contributed by atoms with Crippen LogP contribution < -0.4 is 10.7 Å². The van der Waals surface area contributed by atoms with E-state index in [2.05, 4.69) is 10.7 Å². The lowest BCUT2D eigenvalue weighted by Crippen LogP contribution is -2.35. The van der Waals surface area contributed by atoms with Crippen LogP contribution in [0.5, 0.6) is 0 Å². The Kier molecular flexibility index (Phi) is 8.50. The summed E-state index contributed by atoms with van der Waals surface area (Å²) in [5.74, 6) is -1.69. The van der Waals surface area contributed by atoms with E-state index in [-0.39, 0.29) is 18.9 Å². The molecule has 0 saturated carbocycles. The summed E-state index contributed by atoms with van der Waals surface area (Å²) < 4.78 is 40.2. The predicted molar refractivity (Wildman–Crippen MR) is 139 cm³/mol. The van der Waals surface area contributed by atoms with E-state index in [0.29, 0.717) is 34.3 Å². The van der Waals surface area contributed by atoms with E-state index < -0.39 is 29.7 Å². The zero-order valence-corrected chi connectivity index (χ0v) is 21.4. The van der Waals surface area contributed by atoms with Crippen LogP contribution in [0, 0.1) is 5.92 Å². The number of carboxylic acid groups (broad SMARTS) is 1. The highest BCUT2D eigenvalue weighted by Crippen LogP contribution is 2.36. The zero-order valence-electron chi connectivity index (χ0n) is 19.9. The van der Waals surface area contributed by atoms with Gasteiger partial charge in [0.05, 0.1) is 36.2 Å². The number of rotatable bonds is 8. The van der Waals surface area contributed by atoms with Crippen molar-refractivity contribution in [2.24, 2.45) is 5.92 Å². The fourth-order valence-electron chi connectivity index (χ4n) is 4.27. The van der Waals surface area contributed by atoms with Crippen molar-refractivity contribution in [1.82, 2.24) is 15.8 Å². The largest absolute Gasteiger partial charge is 0.481 e. The fraction of sp³-hybridized carbons (Fsp3) is 0.259. The van der Waals surface area contributed by atoms with Gasteiger partial charge in [0.25, 0.3) is 0 Å². The van der Waals surface area contributed by atoms with Crippen molar-refractivity contribution in [3.05, 3.63) is 99.1 Å². The van der Waals surface area contributed by atoms with Crippen LogP contribution in [0.25, 0.3) is 5.70 Å². The third kappa shape index (κ3) is 6.98. The number of hydrogen-bond acceptors (Lipinski definition) is 4. The SMILES string of the molecule is O=C(O)CCNC(=O)C1C=CC(CN2NC(c3cc(Cl)cc(Cl)c3)C=C2c2cccc(C(F)(F)F)c2)=CC1. The molecule has 0 saturated heterocycles. The van der Waals surface area contributed by atoms with Gasteiger partial charge in [0.15, 0.2) is 0 Å². The van der Waals surface area contributed by atoms with Gasteiger partial charge in [-0.2, -0.15) is 13.2 Å². The molecule has 1 heterocycles. The quantitative estimate of drug-likeness (QED) is 0.365. The molecule has 2 atom stereocenters. The summed E-state index contributed by atoms with van der Waals surface area (Å²) >= 11 is 12.4. The maximum absolute atomic E-state index is 13.4. The molecule has 0 fully saturated rings. The standard InChI is InChI=1S/C27H24Cl2F3N3O3/c28-21-11-19(12-22(29)13-21)23-14-24(18-2-1-3-20(10-18)27(30,31)32)35(34-23)15-16-4-6-17(7-5-16)26(38)33-9-8-25(36)37/h1-6,10-14,17,23,34H,7-9,15H2,(H,33,38)(H,36,37). The number of amides is 1. The molecule has 6 nitrogen and oxygen atoms in total. The van der Waals surface area contributed by atoms with Crippen molar-refractivity contribution in [2.45, 2.75) is 25.1 Å². The first-order valence-corrected chi connectivity index (χ1v) is 12.5. The Bertz CT molecular complexity index is 1300. The molecule has 0 bridgehead atoms. The molecule has 2 aliphatic rings. The summed E-state index contributed by atoms with van der Waals surface area (Å²) in [4.78, 5) is 23.0. The van der Waals surface area contributed by atoms with Crippen LogP contribution in [0.2, 0.25) is 10.0 Å². The van der Waals surface area contributed by atoms with E-state index in [1.807, 2.05) is 12.2 Å². The van der Waals surface area contributed by atoms with Crippen LogP contribution in [0.1, 0.15) is 35.6 Å². The Morgan fingerprint density at radius 1 is 1.13 bits per heavy atom. The summed E-state index contributed by atoms with van der Waals surface area (Å²) in [6.45, 7) is 0.365. The number of hydrazine groups is 1. The van der Waals surface area contributed by atoms with Gasteiger partial charge in [0.1, 0.15) is 0 Å². The number of carbonyl (C=O) groups is 2. The summed E-state index contributed by atoms with van der Waals surface area (Å²) in [6.07, 6.45) is 3.01. The number of halogens is 5. The average Bonchev–Trinajstić information content (AvgIpc) is 3.27. The molecule has 200 valence electrons. The molecule has 0 spiro atoms. The third-order valence-corrected chi connectivity index (χ3v) is 6.57. The molecular weight excluding hydrogens is 542 g/mol. The molecule has 1 aliphatic heterocycles. The molecule has 38 heavy (non-hydrogen) atoms. The third-order valence-electron chi connectivity index (χ3n) is 6.13. The van der Waals surface area contributed by atoms with Crippen molar-refractivity contribution in [3.8, 4) is 0 Å². The van der Waals surface area contributed by atoms with E-state index in [1.165, 1.54) is 6.07 Å². The molecule has 3 N–H and O–H groups in total. The Balaban J connectivity index is 1.54. The monoisotopic (exact) mass is 565 g/mol. The van der Waals surface area contributed by atoms with E-state index in [1.54, 1.807) is 41.4 Å². The zero-order chi connectivity index (χ0) is 27.4. The van der Waals surface area contributed by atoms with Crippen LogP contribution in [0.15, 0.2) is 72.3 Å². The lowest BCUT2D eigenvalue weighted by molar-refractivity contribution is -0.138. The highest BCUT2D eigenvalue weighted by Gasteiger charge is 2.32. The second-order valence-corrected chi connectivity index (χ2v) is 9.81. The Morgan fingerprint density at radius 2 is 1.87 bits per heavy atom. The first kappa shape index (κ1) is 27.8. The number of carboxylic acids is 1. The topological polar surface area (TPSA) is 81.7 Å². The normalized spacial score (nSPS) is 19.2. The molecule has 2 aromatic rings. The van der Waals surface area contributed by atoms with Gasteiger partial charge in [-0.25, -0.2) is 5.43 Å². The Morgan fingerprint density at radius 3 is 2.50 bits per heavy atom.